The van der Waals surface area contributed by atoms with Gasteiger partial charge in [-0.2, -0.15) is 0 Å². The number of carbonyl (C=O) groups is 1. The van der Waals surface area contributed by atoms with E-state index in [1.807, 2.05) is 0 Å². The molecule has 2 rings (SSSR count). The molecule has 4 heteroatoms. The Kier molecular flexibility index (Phi) is 4.66. The second kappa shape index (κ2) is 6.26. The highest BCUT2D eigenvalue weighted by Gasteiger charge is 2.24. The summed E-state index contributed by atoms with van der Waals surface area (Å²) in [6.45, 7) is 8.38. The molecule has 0 N–H and O–H groups in total. The molecule has 1 aromatic rings. The third-order valence-electron chi connectivity index (χ3n) is 3.80. The summed E-state index contributed by atoms with van der Waals surface area (Å²) in [7, 11) is 0. The Morgan fingerprint density at radius 3 is 2.74 bits per heavy atom. The molecule has 0 bridgehead atoms. The molecule has 1 fully saturated rings. The Bertz CT molecular complexity index is 450. The first-order valence-electron chi connectivity index (χ1n) is 6.86. The number of Topliss-reactive ketones (excluding diaryl/α,β-unsaturated/α-hetero) is 1. The number of hydrogen-bond donors (Lipinski definition) is 0. The van der Waals surface area contributed by atoms with Gasteiger partial charge in [0.2, 0.25) is 0 Å². The molecule has 0 aromatic heterocycles. The van der Waals surface area contributed by atoms with Crippen molar-refractivity contribution in [2.75, 3.05) is 32.7 Å². The summed E-state index contributed by atoms with van der Waals surface area (Å²) in [5, 5.41) is 0. The Labute approximate surface area is 114 Å². The molecule has 3 nitrogen and oxygen atoms in total. The number of benzene rings is 1. The van der Waals surface area contributed by atoms with Crippen molar-refractivity contribution in [3.05, 3.63) is 35.6 Å². The van der Waals surface area contributed by atoms with Crippen LogP contribution in [0, 0.1) is 5.82 Å². The molecule has 1 aliphatic rings. The molecule has 1 unspecified atom stereocenters. The number of rotatable bonds is 4. The third kappa shape index (κ3) is 3.39. The van der Waals surface area contributed by atoms with E-state index in [0.717, 1.165) is 26.2 Å². The Hall–Kier alpha value is -1.26. The normalized spacial score (nSPS) is 21.5. The van der Waals surface area contributed by atoms with E-state index in [0.29, 0.717) is 12.6 Å². The number of halogens is 1. The summed E-state index contributed by atoms with van der Waals surface area (Å²) < 4.78 is 13.5. The van der Waals surface area contributed by atoms with E-state index in [1.165, 1.54) is 6.07 Å². The fraction of sp³-hybridized carbons (Fsp3) is 0.533. The van der Waals surface area contributed by atoms with Crippen LogP contribution >= 0.6 is 0 Å². The molecule has 1 aromatic carbocycles. The minimum atomic E-state index is -0.423. The van der Waals surface area contributed by atoms with Crippen molar-refractivity contribution in [3.8, 4) is 0 Å². The number of ketones is 1. The van der Waals surface area contributed by atoms with Gasteiger partial charge in [-0.15, -0.1) is 0 Å². The number of hydrogen-bond acceptors (Lipinski definition) is 3. The van der Waals surface area contributed by atoms with Crippen molar-refractivity contribution in [2.45, 2.75) is 19.9 Å². The fourth-order valence-electron chi connectivity index (χ4n) is 2.66. The van der Waals surface area contributed by atoms with Gasteiger partial charge in [-0.3, -0.25) is 14.6 Å². The fourth-order valence-corrected chi connectivity index (χ4v) is 2.66. The Balaban J connectivity index is 1.95. The molecule has 0 spiro atoms. The topological polar surface area (TPSA) is 23.6 Å². The first kappa shape index (κ1) is 14.2. The lowest BCUT2D eigenvalue weighted by Gasteiger charge is -2.39. The van der Waals surface area contributed by atoms with Crippen molar-refractivity contribution in [2.24, 2.45) is 0 Å². The van der Waals surface area contributed by atoms with E-state index < -0.39 is 5.82 Å². The van der Waals surface area contributed by atoms with Gasteiger partial charge in [0, 0.05) is 25.7 Å². The summed E-state index contributed by atoms with van der Waals surface area (Å²) in [5.41, 5.74) is 0.202. The molecule has 1 heterocycles. The number of nitrogens with zero attached hydrogens (tertiary/aromatic N) is 2. The van der Waals surface area contributed by atoms with E-state index in [4.69, 9.17) is 0 Å². The minimum absolute atomic E-state index is 0.129. The van der Waals surface area contributed by atoms with E-state index in [1.54, 1.807) is 18.2 Å². The van der Waals surface area contributed by atoms with Gasteiger partial charge in [0.15, 0.2) is 5.78 Å². The monoisotopic (exact) mass is 264 g/mol. The number of likely N-dealkylation sites (N-methyl/N-ethyl adjacent to an activating group) is 1. The van der Waals surface area contributed by atoms with Crippen LogP contribution in [0.3, 0.4) is 0 Å². The zero-order chi connectivity index (χ0) is 13.8. The van der Waals surface area contributed by atoms with Crippen LogP contribution in [0.2, 0.25) is 0 Å². The van der Waals surface area contributed by atoms with E-state index >= 15 is 0 Å². The molecule has 0 aliphatic carbocycles. The summed E-state index contributed by atoms with van der Waals surface area (Å²) in [4.78, 5) is 16.6. The molecule has 104 valence electrons. The van der Waals surface area contributed by atoms with Crippen molar-refractivity contribution in [1.29, 1.82) is 0 Å². The van der Waals surface area contributed by atoms with Crippen LogP contribution in [0.1, 0.15) is 24.2 Å². The van der Waals surface area contributed by atoms with Crippen LogP contribution in [0.4, 0.5) is 4.39 Å². The van der Waals surface area contributed by atoms with Gasteiger partial charge in [-0.1, -0.05) is 19.1 Å². The van der Waals surface area contributed by atoms with E-state index in [2.05, 4.69) is 23.6 Å². The average molecular weight is 264 g/mol. The first-order chi connectivity index (χ1) is 9.11. The molecule has 19 heavy (non-hydrogen) atoms. The predicted octanol–water partition coefficient (Wildman–Crippen LogP) is 2.03. The first-order valence-corrected chi connectivity index (χ1v) is 6.86. The van der Waals surface area contributed by atoms with Gasteiger partial charge >= 0.3 is 0 Å². The van der Waals surface area contributed by atoms with Crippen LogP contribution in [-0.2, 0) is 0 Å². The number of carbonyl (C=O) groups excluding carboxylic acids is 1. The SMILES string of the molecule is CCN1CCN(CC(=O)c2ccccc2F)CC1C. The quantitative estimate of drug-likeness (QED) is 0.778. The molecule has 1 aliphatic heterocycles. The molecule has 0 amide bonds. The van der Waals surface area contributed by atoms with Gasteiger partial charge < -0.3 is 0 Å². The van der Waals surface area contributed by atoms with Crippen LogP contribution in [0.25, 0.3) is 0 Å². The standard InChI is InChI=1S/C15H21FN2O/c1-3-18-9-8-17(10-12(18)2)11-15(19)13-6-4-5-7-14(13)16/h4-7,12H,3,8-11H2,1-2H3. The maximum atomic E-state index is 13.5. The zero-order valence-corrected chi connectivity index (χ0v) is 11.6. The van der Waals surface area contributed by atoms with Crippen molar-refractivity contribution in [3.63, 3.8) is 0 Å². The third-order valence-corrected chi connectivity index (χ3v) is 3.80. The molecular formula is C15H21FN2O. The highest BCUT2D eigenvalue weighted by molar-refractivity contribution is 5.97. The van der Waals surface area contributed by atoms with Crippen LogP contribution < -0.4 is 0 Å². The predicted molar refractivity (Wildman–Crippen MR) is 73.9 cm³/mol. The summed E-state index contributed by atoms with van der Waals surface area (Å²) in [6, 6.07) is 6.66. The average Bonchev–Trinajstić information content (AvgIpc) is 2.39. The van der Waals surface area contributed by atoms with Crippen molar-refractivity contribution in [1.82, 2.24) is 9.80 Å². The molecule has 1 atom stereocenters. The second-order valence-electron chi connectivity index (χ2n) is 5.12. The van der Waals surface area contributed by atoms with Crippen LogP contribution in [-0.4, -0.2) is 54.3 Å². The van der Waals surface area contributed by atoms with Crippen LogP contribution in [0.5, 0.6) is 0 Å². The minimum Gasteiger partial charge on any atom is -0.298 e. The van der Waals surface area contributed by atoms with E-state index in [9.17, 15) is 9.18 Å². The Morgan fingerprint density at radius 2 is 2.11 bits per heavy atom. The molecule has 0 saturated carbocycles. The largest absolute Gasteiger partial charge is 0.298 e. The highest BCUT2D eigenvalue weighted by Crippen LogP contribution is 2.12. The maximum absolute atomic E-state index is 13.5. The summed E-state index contributed by atoms with van der Waals surface area (Å²) in [6.07, 6.45) is 0. The summed E-state index contributed by atoms with van der Waals surface area (Å²) in [5.74, 6) is -0.553. The Morgan fingerprint density at radius 1 is 1.37 bits per heavy atom. The lowest BCUT2D eigenvalue weighted by molar-refractivity contribution is 0.0720. The van der Waals surface area contributed by atoms with Crippen LogP contribution in [0.15, 0.2) is 24.3 Å². The van der Waals surface area contributed by atoms with Gasteiger partial charge in [-0.05, 0) is 25.6 Å². The number of piperazine rings is 1. The zero-order valence-electron chi connectivity index (χ0n) is 11.6. The molecular weight excluding hydrogens is 243 g/mol. The van der Waals surface area contributed by atoms with Gasteiger partial charge in [-0.25, -0.2) is 4.39 Å². The smallest absolute Gasteiger partial charge is 0.179 e. The molecule has 0 radical (unpaired) electrons. The highest BCUT2D eigenvalue weighted by atomic mass is 19.1. The molecule has 1 saturated heterocycles. The lowest BCUT2D eigenvalue weighted by atomic mass is 10.1. The lowest BCUT2D eigenvalue weighted by Crippen LogP contribution is -2.52. The van der Waals surface area contributed by atoms with Crippen molar-refractivity contribution < 1.29 is 9.18 Å². The summed E-state index contributed by atoms with van der Waals surface area (Å²) >= 11 is 0. The maximum Gasteiger partial charge on any atom is 0.179 e. The van der Waals surface area contributed by atoms with Gasteiger partial charge in [0.1, 0.15) is 5.82 Å². The van der Waals surface area contributed by atoms with Crippen molar-refractivity contribution >= 4 is 5.78 Å². The van der Waals surface area contributed by atoms with E-state index in [-0.39, 0.29) is 11.3 Å². The van der Waals surface area contributed by atoms with Gasteiger partial charge in [0.25, 0.3) is 0 Å². The second-order valence-corrected chi connectivity index (χ2v) is 5.12. The van der Waals surface area contributed by atoms with Gasteiger partial charge in [0.05, 0.1) is 12.1 Å².